The van der Waals surface area contributed by atoms with Crippen molar-refractivity contribution >= 4 is 11.7 Å². The summed E-state index contributed by atoms with van der Waals surface area (Å²) >= 11 is 0. The van der Waals surface area contributed by atoms with Crippen LogP contribution in [0.3, 0.4) is 0 Å². The number of rotatable bonds is 6. The van der Waals surface area contributed by atoms with E-state index in [9.17, 15) is 4.79 Å². The molecule has 1 amide bonds. The minimum atomic E-state index is -0.149. The summed E-state index contributed by atoms with van der Waals surface area (Å²) in [7, 11) is 0. The van der Waals surface area contributed by atoms with Gasteiger partial charge < -0.3 is 15.6 Å². The molecule has 2 rings (SSSR count). The number of hydrogen-bond acceptors (Lipinski definition) is 4. The molecule has 0 radical (unpaired) electrons. The molecule has 0 saturated heterocycles. The Morgan fingerprint density at radius 2 is 2.20 bits per heavy atom. The minimum Gasteiger partial charge on any atom is -0.370 e. The Labute approximate surface area is 118 Å². The molecule has 1 atom stereocenters. The van der Waals surface area contributed by atoms with Gasteiger partial charge in [0.2, 0.25) is 0 Å². The maximum atomic E-state index is 12.2. The number of aromatic nitrogens is 3. The summed E-state index contributed by atoms with van der Waals surface area (Å²) in [5.41, 5.74) is 0.539. The number of carbonyl (C=O) groups is 1. The van der Waals surface area contributed by atoms with Crippen molar-refractivity contribution < 1.29 is 4.79 Å². The van der Waals surface area contributed by atoms with Crippen LogP contribution in [0.2, 0.25) is 0 Å². The Balaban J connectivity index is 2.03. The number of amides is 1. The van der Waals surface area contributed by atoms with Crippen LogP contribution < -0.4 is 10.6 Å². The van der Waals surface area contributed by atoms with E-state index < -0.39 is 0 Å². The topological polar surface area (TPSA) is 82.7 Å². The first-order valence-corrected chi connectivity index (χ1v) is 6.74. The molecule has 20 heavy (non-hydrogen) atoms. The van der Waals surface area contributed by atoms with E-state index in [0.717, 1.165) is 24.6 Å². The number of nitrogens with zero attached hydrogens (tertiary/aromatic N) is 2. The van der Waals surface area contributed by atoms with Gasteiger partial charge in [-0.2, -0.15) is 0 Å². The highest BCUT2D eigenvalue weighted by atomic mass is 16.1. The zero-order chi connectivity index (χ0) is 14.4. The number of H-pyrrole nitrogens is 1. The van der Waals surface area contributed by atoms with Crippen molar-refractivity contribution in [2.45, 2.75) is 26.3 Å². The molecule has 6 heteroatoms. The SMILES string of the molecule is CCNc1ccc(C(=O)NC(CC)c2ncc[nH]2)cn1. The van der Waals surface area contributed by atoms with Gasteiger partial charge in [0, 0.05) is 25.1 Å². The quantitative estimate of drug-likeness (QED) is 0.753. The number of imidazole rings is 1. The summed E-state index contributed by atoms with van der Waals surface area (Å²) in [6.45, 7) is 4.80. The number of pyridine rings is 1. The van der Waals surface area contributed by atoms with Gasteiger partial charge in [-0.15, -0.1) is 0 Å². The molecule has 6 nitrogen and oxygen atoms in total. The Bertz CT molecular complexity index is 535. The standard InChI is InChI=1S/C14H19N5O/c1-3-11(13-16-7-8-17-13)19-14(20)10-5-6-12(15-4-2)18-9-10/h5-9,11H,3-4H2,1-2H3,(H,15,18)(H,16,17)(H,19,20). The molecule has 106 valence electrons. The molecule has 0 saturated carbocycles. The fourth-order valence-corrected chi connectivity index (χ4v) is 1.89. The lowest BCUT2D eigenvalue weighted by Gasteiger charge is -2.14. The molecule has 0 aromatic carbocycles. The van der Waals surface area contributed by atoms with Crippen molar-refractivity contribution in [1.29, 1.82) is 0 Å². The average Bonchev–Trinajstić information content (AvgIpc) is 2.99. The van der Waals surface area contributed by atoms with Gasteiger partial charge in [0.05, 0.1) is 11.6 Å². The number of anilines is 1. The lowest BCUT2D eigenvalue weighted by molar-refractivity contribution is 0.0933. The Morgan fingerprint density at radius 3 is 2.75 bits per heavy atom. The maximum Gasteiger partial charge on any atom is 0.253 e. The summed E-state index contributed by atoms with van der Waals surface area (Å²) in [5.74, 6) is 1.38. The van der Waals surface area contributed by atoms with Crippen molar-refractivity contribution in [3.8, 4) is 0 Å². The third-order valence-electron chi connectivity index (χ3n) is 2.95. The van der Waals surface area contributed by atoms with Crippen LogP contribution in [0.1, 0.15) is 42.5 Å². The highest BCUT2D eigenvalue weighted by Crippen LogP contribution is 2.13. The van der Waals surface area contributed by atoms with Gasteiger partial charge in [-0.05, 0) is 25.5 Å². The lowest BCUT2D eigenvalue weighted by atomic mass is 10.2. The molecule has 0 aliphatic rings. The molecule has 1 unspecified atom stereocenters. The molecule has 2 aromatic rings. The highest BCUT2D eigenvalue weighted by molar-refractivity contribution is 5.94. The second kappa shape index (κ2) is 6.70. The van der Waals surface area contributed by atoms with Crippen molar-refractivity contribution in [3.05, 3.63) is 42.1 Å². The molecule has 0 aliphatic heterocycles. The molecule has 2 heterocycles. The fourth-order valence-electron chi connectivity index (χ4n) is 1.89. The first-order chi connectivity index (χ1) is 9.74. The maximum absolute atomic E-state index is 12.2. The van der Waals surface area contributed by atoms with Crippen molar-refractivity contribution in [2.24, 2.45) is 0 Å². The first kappa shape index (κ1) is 14.0. The number of carbonyl (C=O) groups excluding carboxylic acids is 1. The van der Waals surface area contributed by atoms with Crippen LogP contribution in [0.25, 0.3) is 0 Å². The van der Waals surface area contributed by atoms with E-state index in [1.54, 1.807) is 30.7 Å². The van der Waals surface area contributed by atoms with Crippen LogP contribution in [0.4, 0.5) is 5.82 Å². The van der Waals surface area contributed by atoms with E-state index in [0.29, 0.717) is 5.56 Å². The van der Waals surface area contributed by atoms with Gasteiger partial charge in [0.15, 0.2) is 0 Å². The smallest absolute Gasteiger partial charge is 0.253 e. The second-order valence-electron chi connectivity index (χ2n) is 4.37. The second-order valence-corrected chi connectivity index (χ2v) is 4.37. The Morgan fingerprint density at radius 1 is 1.35 bits per heavy atom. The van der Waals surface area contributed by atoms with E-state index >= 15 is 0 Å². The predicted molar refractivity (Wildman–Crippen MR) is 77.5 cm³/mol. The van der Waals surface area contributed by atoms with Crippen LogP contribution in [0.15, 0.2) is 30.7 Å². The van der Waals surface area contributed by atoms with Gasteiger partial charge in [-0.25, -0.2) is 9.97 Å². The van der Waals surface area contributed by atoms with Gasteiger partial charge in [-0.3, -0.25) is 4.79 Å². The van der Waals surface area contributed by atoms with Crippen molar-refractivity contribution in [2.75, 3.05) is 11.9 Å². The van der Waals surface area contributed by atoms with Gasteiger partial charge in [-0.1, -0.05) is 6.92 Å². The molecular weight excluding hydrogens is 254 g/mol. The molecule has 2 aromatic heterocycles. The van der Waals surface area contributed by atoms with Crippen molar-refractivity contribution in [3.63, 3.8) is 0 Å². The van der Waals surface area contributed by atoms with E-state index in [1.165, 1.54) is 0 Å². The third kappa shape index (κ3) is 3.34. The monoisotopic (exact) mass is 273 g/mol. The van der Waals surface area contributed by atoms with Gasteiger partial charge >= 0.3 is 0 Å². The van der Waals surface area contributed by atoms with Crippen LogP contribution in [0, 0.1) is 0 Å². The van der Waals surface area contributed by atoms with Gasteiger partial charge in [0.25, 0.3) is 5.91 Å². The highest BCUT2D eigenvalue weighted by Gasteiger charge is 2.16. The Kier molecular flexibility index (Phi) is 4.70. The number of nitrogens with one attached hydrogen (secondary N) is 3. The van der Waals surface area contributed by atoms with Crippen LogP contribution >= 0.6 is 0 Å². The minimum absolute atomic E-state index is 0.119. The summed E-state index contributed by atoms with van der Waals surface area (Å²) in [5, 5.41) is 6.03. The molecular formula is C14H19N5O. The zero-order valence-corrected chi connectivity index (χ0v) is 11.7. The van der Waals surface area contributed by atoms with Gasteiger partial charge in [0.1, 0.15) is 11.6 Å². The largest absolute Gasteiger partial charge is 0.370 e. The summed E-state index contributed by atoms with van der Waals surface area (Å²) in [6.07, 6.45) is 5.76. The average molecular weight is 273 g/mol. The molecule has 0 fully saturated rings. The summed E-state index contributed by atoms with van der Waals surface area (Å²) in [4.78, 5) is 23.6. The Hall–Kier alpha value is -2.37. The molecule has 0 aliphatic carbocycles. The third-order valence-corrected chi connectivity index (χ3v) is 2.95. The van der Waals surface area contributed by atoms with E-state index in [1.807, 2.05) is 13.8 Å². The zero-order valence-electron chi connectivity index (χ0n) is 11.7. The summed E-state index contributed by atoms with van der Waals surface area (Å²) in [6, 6.07) is 3.44. The number of aromatic amines is 1. The van der Waals surface area contributed by atoms with E-state index in [2.05, 4.69) is 25.6 Å². The van der Waals surface area contributed by atoms with Crippen LogP contribution in [0.5, 0.6) is 0 Å². The van der Waals surface area contributed by atoms with Crippen molar-refractivity contribution in [1.82, 2.24) is 20.3 Å². The first-order valence-electron chi connectivity index (χ1n) is 6.74. The van der Waals surface area contributed by atoms with Crippen LogP contribution in [-0.2, 0) is 0 Å². The van der Waals surface area contributed by atoms with E-state index in [4.69, 9.17) is 0 Å². The predicted octanol–water partition coefficient (Wildman–Crippen LogP) is 2.12. The summed E-state index contributed by atoms with van der Waals surface area (Å²) < 4.78 is 0. The molecule has 3 N–H and O–H groups in total. The lowest BCUT2D eigenvalue weighted by Crippen LogP contribution is -2.29. The molecule has 0 bridgehead atoms. The molecule has 0 spiro atoms. The number of hydrogen-bond donors (Lipinski definition) is 3. The normalized spacial score (nSPS) is 11.9. The van der Waals surface area contributed by atoms with E-state index in [-0.39, 0.29) is 11.9 Å². The van der Waals surface area contributed by atoms with Crippen LogP contribution in [-0.4, -0.2) is 27.4 Å². The fraction of sp³-hybridized carbons (Fsp3) is 0.357.